The third kappa shape index (κ3) is 2.34. The fourth-order valence-corrected chi connectivity index (χ4v) is 3.84. The number of morpholine rings is 1. The summed E-state index contributed by atoms with van der Waals surface area (Å²) in [7, 11) is 0. The molecule has 0 spiro atoms. The highest BCUT2D eigenvalue weighted by atomic mass is 16.5. The van der Waals surface area contributed by atoms with E-state index in [0.717, 1.165) is 65.5 Å². The lowest BCUT2D eigenvalue weighted by Gasteiger charge is -2.27. The summed E-state index contributed by atoms with van der Waals surface area (Å²) >= 11 is 0. The molecular formula is C22H18N2O2. The van der Waals surface area contributed by atoms with Crippen LogP contribution in [0.15, 0.2) is 60.8 Å². The number of fused-ring (bicyclic) bond motifs is 3. The van der Waals surface area contributed by atoms with E-state index in [4.69, 9.17) is 4.74 Å². The molecule has 128 valence electrons. The van der Waals surface area contributed by atoms with Crippen molar-refractivity contribution in [1.82, 2.24) is 4.98 Å². The first-order valence-electron chi connectivity index (χ1n) is 8.89. The summed E-state index contributed by atoms with van der Waals surface area (Å²) in [4.78, 5) is 19.6. The summed E-state index contributed by atoms with van der Waals surface area (Å²) in [6.45, 7) is 3.23. The first-order valence-corrected chi connectivity index (χ1v) is 8.89. The van der Waals surface area contributed by atoms with E-state index in [0.29, 0.717) is 0 Å². The number of carbonyl (C=O) groups is 1. The Bertz CT molecular complexity index is 989. The van der Waals surface area contributed by atoms with Crippen molar-refractivity contribution < 1.29 is 9.53 Å². The first-order chi connectivity index (χ1) is 12.8. The maximum atomic E-state index is 12.7. The van der Waals surface area contributed by atoms with Crippen LogP contribution in [0.5, 0.6) is 0 Å². The molecule has 2 aromatic carbocycles. The Labute approximate surface area is 152 Å². The van der Waals surface area contributed by atoms with Crippen LogP contribution in [0, 0.1) is 0 Å². The van der Waals surface area contributed by atoms with Crippen LogP contribution in [0.25, 0.3) is 22.3 Å². The van der Waals surface area contributed by atoms with Gasteiger partial charge in [0.1, 0.15) is 5.82 Å². The predicted molar refractivity (Wildman–Crippen MR) is 102 cm³/mol. The molecule has 1 aliphatic carbocycles. The molecule has 1 aromatic heterocycles. The average Bonchev–Trinajstić information content (AvgIpc) is 3.02. The van der Waals surface area contributed by atoms with Crippen molar-refractivity contribution >= 4 is 11.6 Å². The lowest BCUT2D eigenvalue weighted by molar-refractivity contribution is 0.104. The van der Waals surface area contributed by atoms with Crippen molar-refractivity contribution in [2.24, 2.45) is 0 Å². The zero-order chi connectivity index (χ0) is 17.5. The third-order valence-electron chi connectivity index (χ3n) is 5.14. The van der Waals surface area contributed by atoms with Crippen LogP contribution >= 0.6 is 0 Å². The van der Waals surface area contributed by atoms with E-state index >= 15 is 0 Å². The Morgan fingerprint density at radius 3 is 2.31 bits per heavy atom. The molecule has 3 aromatic rings. The second-order valence-corrected chi connectivity index (χ2v) is 6.61. The molecule has 0 bridgehead atoms. The van der Waals surface area contributed by atoms with Gasteiger partial charge < -0.3 is 9.64 Å². The predicted octanol–water partition coefficient (Wildman–Crippen LogP) is 3.80. The average molecular weight is 342 g/mol. The highest BCUT2D eigenvalue weighted by Gasteiger charge is 2.28. The molecule has 0 unspecified atom stereocenters. The lowest BCUT2D eigenvalue weighted by atomic mass is 9.95. The summed E-state index contributed by atoms with van der Waals surface area (Å²) in [6.07, 6.45) is 1.91. The molecule has 0 saturated carbocycles. The highest BCUT2D eigenvalue weighted by molar-refractivity contribution is 6.23. The highest BCUT2D eigenvalue weighted by Crippen LogP contribution is 2.42. The van der Waals surface area contributed by atoms with E-state index in [1.165, 1.54) is 0 Å². The second kappa shape index (κ2) is 6.07. The number of rotatable bonds is 2. The van der Waals surface area contributed by atoms with Gasteiger partial charge in [0.05, 0.1) is 13.2 Å². The number of nitrogens with zero attached hydrogens (tertiary/aromatic N) is 2. The van der Waals surface area contributed by atoms with E-state index in [2.05, 4.69) is 28.1 Å². The van der Waals surface area contributed by atoms with E-state index in [1.54, 1.807) is 0 Å². The van der Waals surface area contributed by atoms with E-state index in [1.807, 2.05) is 42.6 Å². The molecule has 1 fully saturated rings. The Morgan fingerprint density at radius 2 is 1.54 bits per heavy atom. The third-order valence-corrected chi connectivity index (χ3v) is 5.14. The minimum Gasteiger partial charge on any atom is -0.378 e. The topological polar surface area (TPSA) is 42.4 Å². The molecule has 5 rings (SSSR count). The van der Waals surface area contributed by atoms with Crippen molar-refractivity contribution in [2.75, 3.05) is 31.2 Å². The number of benzene rings is 2. The second-order valence-electron chi connectivity index (χ2n) is 6.61. The summed E-state index contributed by atoms with van der Waals surface area (Å²) < 4.78 is 5.41. The normalized spacial score (nSPS) is 15.7. The molecule has 4 heteroatoms. The fraction of sp³-hybridized carbons (Fsp3) is 0.182. The summed E-state index contributed by atoms with van der Waals surface area (Å²) in [5.74, 6) is 1.08. The Morgan fingerprint density at radius 1 is 0.808 bits per heavy atom. The van der Waals surface area contributed by atoms with Gasteiger partial charge in [-0.05, 0) is 23.3 Å². The zero-order valence-electron chi connectivity index (χ0n) is 14.3. The number of pyridine rings is 1. The van der Waals surface area contributed by atoms with Crippen LogP contribution in [0.1, 0.15) is 15.9 Å². The van der Waals surface area contributed by atoms with Crippen molar-refractivity contribution in [3.8, 4) is 22.3 Å². The van der Waals surface area contributed by atoms with Crippen molar-refractivity contribution in [3.63, 3.8) is 0 Å². The van der Waals surface area contributed by atoms with Gasteiger partial charge in [-0.25, -0.2) is 4.98 Å². The molecule has 0 radical (unpaired) electrons. The maximum Gasteiger partial charge on any atom is 0.194 e. The fourth-order valence-electron chi connectivity index (χ4n) is 3.84. The Kier molecular flexibility index (Phi) is 3.57. The Balaban J connectivity index is 1.58. The van der Waals surface area contributed by atoms with E-state index in [9.17, 15) is 4.79 Å². The lowest BCUT2D eigenvalue weighted by Crippen LogP contribution is -2.36. The van der Waals surface area contributed by atoms with Gasteiger partial charge in [-0.15, -0.1) is 0 Å². The number of aromatic nitrogens is 1. The monoisotopic (exact) mass is 342 g/mol. The molecular weight excluding hydrogens is 324 g/mol. The molecule has 2 heterocycles. The zero-order valence-corrected chi connectivity index (χ0v) is 14.3. The molecule has 4 nitrogen and oxygen atoms in total. The summed E-state index contributed by atoms with van der Waals surface area (Å²) in [6, 6.07) is 17.9. The van der Waals surface area contributed by atoms with Crippen LogP contribution in [-0.2, 0) is 4.74 Å². The van der Waals surface area contributed by atoms with Gasteiger partial charge in [0.15, 0.2) is 5.78 Å². The number of ether oxygens (including phenoxy) is 1. The summed E-state index contributed by atoms with van der Waals surface area (Å²) in [5.41, 5.74) is 5.69. The number of carbonyl (C=O) groups excluding carboxylic acids is 1. The maximum absolute atomic E-state index is 12.7. The van der Waals surface area contributed by atoms with Crippen LogP contribution in [0.3, 0.4) is 0 Å². The van der Waals surface area contributed by atoms with Gasteiger partial charge in [0.25, 0.3) is 0 Å². The van der Waals surface area contributed by atoms with Crippen molar-refractivity contribution in [3.05, 3.63) is 71.9 Å². The van der Waals surface area contributed by atoms with Gasteiger partial charge in [0.2, 0.25) is 0 Å². The quantitative estimate of drug-likeness (QED) is 0.556. The first kappa shape index (κ1) is 15.3. The standard InChI is InChI=1S/C22H18N2O2/c25-22-18-5-2-1-4-17(18)21-16(6-3-7-19(21)22)15-8-9-20(23-14-15)24-10-12-26-13-11-24/h1-9,14H,10-13H2. The van der Waals surface area contributed by atoms with Gasteiger partial charge in [0, 0.05) is 41.5 Å². The SMILES string of the molecule is O=C1c2ccccc2-c2c1cccc2-c1ccc(N2CCOCC2)nc1. The number of hydrogen-bond acceptors (Lipinski definition) is 4. The van der Waals surface area contributed by atoms with Crippen LogP contribution in [-0.4, -0.2) is 37.1 Å². The van der Waals surface area contributed by atoms with Crippen molar-refractivity contribution in [1.29, 1.82) is 0 Å². The number of ketones is 1. The Hall–Kier alpha value is -2.98. The molecule has 2 aliphatic rings. The van der Waals surface area contributed by atoms with E-state index in [-0.39, 0.29) is 5.78 Å². The van der Waals surface area contributed by atoms with Gasteiger partial charge in [-0.2, -0.15) is 0 Å². The van der Waals surface area contributed by atoms with Crippen LogP contribution in [0.2, 0.25) is 0 Å². The molecule has 1 aliphatic heterocycles. The molecule has 26 heavy (non-hydrogen) atoms. The smallest absolute Gasteiger partial charge is 0.194 e. The molecule has 1 saturated heterocycles. The largest absolute Gasteiger partial charge is 0.378 e. The molecule has 0 atom stereocenters. The van der Waals surface area contributed by atoms with Gasteiger partial charge in [-0.1, -0.05) is 42.5 Å². The molecule has 0 N–H and O–H groups in total. The van der Waals surface area contributed by atoms with Gasteiger partial charge >= 0.3 is 0 Å². The van der Waals surface area contributed by atoms with E-state index < -0.39 is 0 Å². The van der Waals surface area contributed by atoms with Gasteiger partial charge in [-0.3, -0.25) is 4.79 Å². The summed E-state index contributed by atoms with van der Waals surface area (Å²) in [5, 5.41) is 0. The number of hydrogen-bond donors (Lipinski definition) is 0. The molecule has 0 amide bonds. The number of anilines is 1. The van der Waals surface area contributed by atoms with Crippen LogP contribution in [0.4, 0.5) is 5.82 Å². The minimum absolute atomic E-state index is 0.107. The minimum atomic E-state index is 0.107. The van der Waals surface area contributed by atoms with Crippen molar-refractivity contribution in [2.45, 2.75) is 0 Å². The van der Waals surface area contributed by atoms with Crippen LogP contribution < -0.4 is 4.90 Å².